The van der Waals surface area contributed by atoms with Crippen molar-refractivity contribution in [1.29, 1.82) is 0 Å². The van der Waals surface area contributed by atoms with Crippen molar-refractivity contribution in [2.75, 3.05) is 6.61 Å². The molecule has 9 nitrogen and oxygen atoms in total. The summed E-state index contributed by atoms with van der Waals surface area (Å²) in [7, 11) is 0. The molecular formula is C18H17ClN4O5S. The fourth-order valence-electron chi connectivity index (χ4n) is 2.27. The standard InChI is InChI=1S/C18H17ClN4O5S/c1-10-6-14(7-11(2)16(10)19)28-9-15(24)21-22-18(29)20-17(25)12-4-3-5-13(8-12)23(26)27/h3-8H,9H2,1-2H3,(H,21,24)(H2,20,22,25,29). The number of benzene rings is 2. The van der Waals surface area contributed by atoms with Crippen molar-refractivity contribution in [2.45, 2.75) is 13.8 Å². The number of aryl methyl sites for hydroxylation is 2. The first-order chi connectivity index (χ1) is 13.7. The number of nitro groups is 1. The van der Waals surface area contributed by atoms with Gasteiger partial charge in [-0.2, -0.15) is 0 Å². The highest BCUT2D eigenvalue weighted by Gasteiger charge is 2.13. The molecular weight excluding hydrogens is 420 g/mol. The van der Waals surface area contributed by atoms with Gasteiger partial charge in [-0.1, -0.05) is 17.7 Å². The molecule has 0 aromatic heterocycles. The van der Waals surface area contributed by atoms with E-state index in [2.05, 4.69) is 16.2 Å². The summed E-state index contributed by atoms with van der Waals surface area (Å²) < 4.78 is 5.40. The first kappa shape index (κ1) is 22.1. The molecule has 0 unspecified atom stereocenters. The van der Waals surface area contributed by atoms with E-state index in [1.807, 2.05) is 13.8 Å². The highest BCUT2D eigenvalue weighted by atomic mass is 35.5. The summed E-state index contributed by atoms with van der Waals surface area (Å²) in [5.41, 5.74) is 6.10. The molecule has 0 aliphatic heterocycles. The Bertz CT molecular complexity index is 959. The van der Waals surface area contributed by atoms with Crippen LogP contribution < -0.4 is 20.9 Å². The highest BCUT2D eigenvalue weighted by molar-refractivity contribution is 7.80. The van der Waals surface area contributed by atoms with E-state index < -0.39 is 16.7 Å². The molecule has 3 N–H and O–H groups in total. The maximum Gasteiger partial charge on any atom is 0.276 e. The van der Waals surface area contributed by atoms with Crippen LogP contribution in [0, 0.1) is 24.0 Å². The third kappa shape index (κ3) is 6.40. The first-order valence-electron chi connectivity index (χ1n) is 8.21. The second-order valence-electron chi connectivity index (χ2n) is 5.92. The van der Waals surface area contributed by atoms with Crippen LogP contribution in [0.4, 0.5) is 5.69 Å². The third-order valence-corrected chi connectivity index (χ3v) is 4.44. The summed E-state index contributed by atoms with van der Waals surface area (Å²) in [5.74, 6) is -0.716. The number of amides is 2. The minimum atomic E-state index is -0.663. The van der Waals surface area contributed by atoms with Crippen molar-refractivity contribution in [1.82, 2.24) is 16.2 Å². The Balaban J connectivity index is 1.81. The zero-order valence-corrected chi connectivity index (χ0v) is 17.0. The number of carbonyl (C=O) groups excluding carboxylic acids is 2. The van der Waals surface area contributed by atoms with Gasteiger partial charge in [0, 0.05) is 22.7 Å². The Morgan fingerprint density at radius 1 is 1.17 bits per heavy atom. The van der Waals surface area contributed by atoms with Crippen LogP contribution in [0.5, 0.6) is 5.75 Å². The Hall–Kier alpha value is -3.24. The van der Waals surface area contributed by atoms with Crippen molar-refractivity contribution < 1.29 is 19.2 Å². The molecule has 2 aromatic rings. The summed E-state index contributed by atoms with van der Waals surface area (Å²) in [5, 5.41) is 13.5. The molecule has 0 saturated heterocycles. The smallest absolute Gasteiger partial charge is 0.276 e. The van der Waals surface area contributed by atoms with E-state index in [1.165, 1.54) is 18.2 Å². The minimum absolute atomic E-state index is 0.0477. The van der Waals surface area contributed by atoms with Crippen molar-refractivity contribution in [2.24, 2.45) is 0 Å². The lowest BCUT2D eigenvalue weighted by molar-refractivity contribution is -0.384. The lowest BCUT2D eigenvalue weighted by Gasteiger charge is -2.12. The van der Waals surface area contributed by atoms with Crippen molar-refractivity contribution >= 4 is 46.4 Å². The van der Waals surface area contributed by atoms with E-state index in [0.29, 0.717) is 10.8 Å². The van der Waals surface area contributed by atoms with Crippen LogP contribution in [-0.2, 0) is 4.79 Å². The van der Waals surface area contributed by atoms with Crippen LogP contribution in [-0.4, -0.2) is 28.5 Å². The molecule has 2 amide bonds. The number of carbonyl (C=O) groups is 2. The predicted molar refractivity (Wildman–Crippen MR) is 111 cm³/mol. The van der Waals surface area contributed by atoms with Crippen LogP contribution in [0.25, 0.3) is 0 Å². The Morgan fingerprint density at radius 2 is 1.83 bits per heavy atom. The predicted octanol–water partition coefficient (Wildman–Crippen LogP) is 2.58. The molecule has 152 valence electrons. The van der Waals surface area contributed by atoms with Crippen LogP contribution >= 0.6 is 23.8 Å². The summed E-state index contributed by atoms with van der Waals surface area (Å²) >= 11 is 11.0. The third-order valence-electron chi connectivity index (χ3n) is 3.64. The van der Waals surface area contributed by atoms with Gasteiger partial charge in [0.15, 0.2) is 11.7 Å². The molecule has 0 aliphatic carbocycles. The summed E-state index contributed by atoms with van der Waals surface area (Å²) in [6.07, 6.45) is 0. The number of halogens is 1. The molecule has 0 saturated carbocycles. The Labute approximate surface area is 176 Å². The molecule has 0 fully saturated rings. The molecule has 0 radical (unpaired) electrons. The first-order valence-corrected chi connectivity index (χ1v) is 9.00. The van der Waals surface area contributed by atoms with Gasteiger partial charge in [-0.05, 0) is 55.4 Å². The zero-order chi connectivity index (χ0) is 21.6. The molecule has 0 spiro atoms. The van der Waals surface area contributed by atoms with Gasteiger partial charge in [0.1, 0.15) is 5.75 Å². The van der Waals surface area contributed by atoms with E-state index in [-0.39, 0.29) is 23.0 Å². The maximum absolute atomic E-state index is 12.1. The van der Waals surface area contributed by atoms with Gasteiger partial charge in [0.25, 0.3) is 17.5 Å². The number of nitrogens with one attached hydrogen (secondary N) is 3. The van der Waals surface area contributed by atoms with Crippen LogP contribution in [0.1, 0.15) is 21.5 Å². The maximum atomic E-state index is 12.1. The summed E-state index contributed by atoms with van der Waals surface area (Å²) in [4.78, 5) is 34.1. The second-order valence-corrected chi connectivity index (χ2v) is 6.71. The largest absolute Gasteiger partial charge is 0.484 e. The fraction of sp³-hybridized carbons (Fsp3) is 0.167. The Kier molecular flexibility index (Phi) is 7.46. The van der Waals surface area contributed by atoms with E-state index in [4.69, 9.17) is 28.6 Å². The van der Waals surface area contributed by atoms with E-state index in [0.717, 1.165) is 17.2 Å². The number of nitro benzene ring substituents is 1. The number of hydrogen-bond acceptors (Lipinski definition) is 6. The number of thiocarbonyl (C=S) groups is 1. The quantitative estimate of drug-likeness (QED) is 0.374. The van der Waals surface area contributed by atoms with E-state index in [9.17, 15) is 19.7 Å². The molecule has 0 heterocycles. The molecule has 2 rings (SSSR count). The van der Waals surface area contributed by atoms with E-state index in [1.54, 1.807) is 12.1 Å². The molecule has 0 aliphatic rings. The SMILES string of the molecule is Cc1cc(OCC(=O)NNC(=S)NC(=O)c2cccc([N+](=O)[O-])c2)cc(C)c1Cl. The fourth-order valence-corrected chi connectivity index (χ4v) is 2.52. The number of ether oxygens (including phenoxy) is 1. The molecule has 29 heavy (non-hydrogen) atoms. The number of rotatable bonds is 5. The molecule has 0 bridgehead atoms. The second kappa shape index (κ2) is 9.80. The average molecular weight is 437 g/mol. The number of hydrogen-bond donors (Lipinski definition) is 3. The molecule has 2 aromatic carbocycles. The lowest BCUT2D eigenvalue weighted by atomic mass is 10.1. The zero-order valence-electron chi connectivity index (χ0n) is 15.4. The normalized spacial score (nSPS) is 10.0. The summed E-state index contributed by atoms with van der Waals surface area (Å²) in [6.45, 7) is 3.35. The van der Waals surface area contributed by atoms with Crippen molar-refractivity contribution in [3.8, 4) is 5.75 Å². The van der Waals surface area contributed by atoms with Gasteiger partial charge in [-0.3, -0.25) is 35.9 Å². The Morgan fingerprint density at radius 3 is 2.45 bits per heavy atom. The average Bonchev–Trinajstić information content (AvgIpc) is 2.68. The highest BCUT2D eigenvalue weighted by Crippen LogP contribution is 2.25. The number of nitrogens with zero attached hydrogens (tertiary/aromatic N) is 1. The van der Waals surface area contributed by atoms with Crippen molar-refractivity contribution in [3.05, 3.63) is 68.2 Å². The van der Waals surface area contributed by atoms with Gasteiger partial charge < -0.3 is 4.74 Å². The summed E-state index contributed by atoms with van der Waals surface area (Å²) in [6, 6.07) is 8.56. The topological polar surface area (TPSA) is 123 Å². The van der Waals surface area contributed by atoms with Crippen LogP contribution in [0.2, 0.25) is 5.02 Å². The van der Waals surface area contributed by atoms with Crippen molar-refractivity contribution in [3.63, 3.8) is 0 Å². The lowest BCUT2D eigenvalue weighted by Crippen LogP contribution is -2.49. The molecule has 11 heteroatoms. The van der Waals surface area contributed by atoms with E-state index >= 15 is 0 Å². The van der Waals surface area contributed by atoms with Crippen LogP contribution in [0.15, 0.2) is 36.4 Å². The minimum Gasteiger partial charge on any atom is -0.484 e. The van der Waals surface area contributed by atoms with Gasteiger partial charge in [-0.15, -0.1) is 0 Å². The van der Waals surface area contributed by atoms with Gasteiger partial charge in [0.05, 0.1) is 4.92 Å². The van der Waals surface area contributed by atoms with Gasteiger partial charge >= 0.3 is 0 Å². The van der Waals surface area contributed by atoms with Crippen LogP contribution in [0.3, 0.4) is 0 Å². The number of non-ortho nitro benzene ring substituents is 1. The number of hydrazine groups is 1. The van der Waals surface area contributed by atoms with Gasteiger partial charge in [-0.25, -0.2) is 0 Å². The molecule has 0 atom stereocenters. The monoisotopic (exact) mass is 436 g/mol. The van der Waals surface area contributed by atoms with Gasteiger partial charge in [0.2, 0.25) is 0 Å².